The molecular weight excluding hydrogens is 276 g/mol. The van der Waals surface area contributed by atoms with Gasteiger partial charge in [0.2, 0.25) is 5.82 Å². The van der Waals surface area contributed by atoms with Crippen molar-refractivity contribution in [1.82, 2.24) is 0 Å². The Morgan fingerprint density at radius 3 is 2.79 bits per heavy atom. The van der Waals surface area contributed by atoms with Crippen LogP contribution in [0.15, 0.2) is 12.1 Å². The van der Waals surface area contributed by atoms with Crippen LogP contribution in [0, 0.1) is 11.6 Å². The molecule has 0 aliphatic carbocycles. The molecule has 1 aliphatic heterocycles. The molecule has 0 amide bonds. The third-order valence-corrected chi connectivity index (χ3v) is 3.95. The minimum Gasteiger partial charge on any atom is -0.486 e. The summed E-state index contributed by atoms with van der Waals surface area (Å²) in [4.78, 5) is 1.81. The van der Waals surface area contributed by atoms with E-state index in [1.165, 1.54) is 12.3 Å². The van der Waals surface area contributed by atoms with Crippen LogP contribution < -0.4 is 9.64 Å². The average molecular weight is 291 g/mol. The van der Waals surface area contributed by atoms with Crippen molar-refractivity contribution in [3.8, 4) is 5.75 Å². The molecule has 0 fully saturated rings. The van der Waals surface area contributed by atoms with Gasteiger partial charge in [-0.15, -0.1) is 0 Å². The number of fused-ring (bicyclic) bond motifs is 1. The number of sulfone groups is 1. The van der Waals surface area contributed by atoms with Gasteiger partial charge < -0.3 is 9.64 Å². The zero-order valence-electron chi connectivity index (χ0n) is 10.5. The van der Waals surface area contributed by atoms with Crippen LogP contribution in [0.25, 0.3) is 0 Å². The highest BCUT2D eigenvalue weighted by molar-refractivity contribution is 7.90. The van der Waals surface area contributed by atoms with Crippen molar-refractivity contribution >= 4 is 15.5 Å². The fourth-order valence-corrected chi connectivity index (χ4v) is 2.69. The second-order valence-electron chi connectivity index (χ2n) is 4.53. The van der Waals surface area contributed by atoms with Gasteiger partial charge in [0, 0.05) is 12.8 Å². The Labute approximate surface area is 110 Å². The maximum Gasteiger partial charge on any atom is 0.202 e. The van der Waals surface area contributed by atoms with Gasteiger partial charge in [-0.1, -0.05) is 0 Å². The third-order valence-electron chi connectivity index (χ3n) is 2.92. The molecular formula is C12H15F2NO3S. The molecule has 7 heteroatoms. The summed E-state index contributed by atoms with van der Waals surface area (Å²) in [5.74, 6) is -1.96. The smallest absolute Gasteiger partial charge is 0.202 e. The largest absolute Gasteiger partial charge is 0.486 e. The van der Waals surface area contributed by atoms with E-state index in [1.807, 2.05) is 4.90 Å². The van der Waals surface area contributed by atoms with Crippen molar-refractivity contribution < 1.29 is 21.9 Å². The van der Waals surface area contributed by atoms with Crippen LogP contribution in [-0.2, 0) is 9.84 Å². The van der Waals surface area contributed by atoms with Gasteiger partial charge in [-0.3, -0.25) is 0 Å². The van der Waals surface area contributed by atoms with Crippen LogP contribution in [0.4, 0.5) is 14.5 Å². The summed E-state index contributed by atoms with van der Waals surface area (Å²) in [5, 5.41) is 0. The maximum absolute atomic E-state index is 13.5. The number of ether oxygens (including phenoxy) is 1. The molecule has 1 aliphatic rings. The van der Waals surface area contributed by atoms with Gasteiger partial charge in [0.05, 0.1) is 18.0 Å². The van der Waals surface area contributed by atoms with Crippen molar-refractivity contribution in [2.24, 2.45) is 0 Å². The predicted octanol–water partition coefficient (Wildman–Crippen LogP) is 1.60. The summed E-state index contributed by atoms with van der Waals surface area (Å²) in [5.41, 5.74) is 0.471. The van der Waals surface area contributed by atoms with E-state index < -0.39 is 21.5 Å². The number of anilines is 1. The first kappa shape index (κ1) is 14.0. The summed E-state index contributed by atoms with van der Waals surface area (Å²) in [6.07, 6.45) is 1.62. The molecule has 0 saturated carbocycles. The molecule has 1 aromatic carbocycles. The molecule has 106 valence electrons. The minimum atomic E-state index is -3.01. The van der Waals surface area contributed by atoms with Gasteiger partial charge in [0.15, 0.2) is 11.6 Å². The van der Waals surface area contributed by atoms with Gasteiger partial charge in [-0.25, -0.2) is 12.8 Å². The molecule has 0 N–H and O–H groups in total. The van der Waals surface area contributed by atoms with Gasteiger partial charge in [0.25, 0.3) is 0 Å². The molecule has 2 rings (SSSR count). The number of benzene rings is 1. The molecule has 1 heterocycles. The van der Waals surface area contributed by atoms with E-state index in [-0.39, 0.29) is 18.1 Å². The van der Waals surface area contributed by atoms with Crippen LogP contribution >= 0.6 is 0 Å². The van der Waals surface area contributed by atoms with Gasteiger partial charge in [-0.05, 0) is 18.6 Å². The Bertz CT molecular complexity index is 575. The molecule has 0 bridgehead atoms. The van der Waals surface area contributed by atoms with Crippen LogP contribution in [0.1, 0.15) is 6.42 Å². The number of hydrogen-bond acceptors (Lipinski definition) is 4. The minimum absolute atomic E-state index is 0.0728. The van der Waals surface area contributed by atoms with Crippen LogP contribution in [0.2, 0.25) is 0 Å². The molecule has 0 spiro atoms. The van der Waals surface area contributed by atoms with Gasteiger partial charge in [-0.2, -0.15) is 4.39 Å². The Hall–Kier alpha value is -1.37. The van der Waals surface area contributed by atoms with E-state index in [1.54, 1.807) is 0 Å². The molecule has 0 radical (unpaired) electrons. The summed E-state index contributed by atoms with van der Waals surface area (Å²) in [6, 6.07) is 2.50. The molecule has 0 atom stereocenters. The predicted molar refractivity (Wildman–Crippen MR) is 68.4 cm³/mol. The normalized spacial score (nSPS) is 15.0. The van der Waals surface area contributed by atoms with E-state index in [4.69, 9.17) is 4.74 Å². The van der Waals surface area contributed by atoms with Crippen molar-refractivity contribution in [2.75, 3.05) is 36.6 Å². The highest BCUT2D eigenvalue weighted by Crippen LogP contribution is 2.35. The van der Waals surface area contributed by atoms with Crippen LogP contribution in [-0.4, -0.2) is 40.1 Å². The second-order valence-corrected chi connectivity index (χ2v) is 6.79. The molecule has 0 aromatic heterocycles. The average Bonchev–Trinajstić information content (AvgIpc) is 2.33. The van der Waals surface area contributed by atoms with E-state index in [2.05, 4.69) is 0 Å². The Morgan fingerprint density at radius 1 is 1.37 bits per heavy atom. The van der Waals surface area contributed by atoms with Crippen molar-refractivity contribution in [2.45, 2.75) is 6.42 Å². The number of hydrogen-bond donors (Lipinski definition) is 0. The summed E-state index contributed by atoms with van der Waals surface area (Å²) in [7, 11) is -3.01. The topological polar surface area (TPSA) is 46.6 Å². The van der Waals surface area contributed by atoms with Gasteiger partial charge >= 0.3 is 0 Å². The highest BCUT2D eigenvalue weighted by Gasteiger charge is 2.23. The molecule has 1 aromatic rings. The Morgan fingerprint density at radius 2 is 2.11 bits per heavy atom. The lowest BCUT2D eigenvalue weighted by Gasteiger charge is -2.31. The lowest BCUT2D eigenvalue weighted by molar-refractivity contribution is 0.285. The maximum atomic E-state index is 13.5. The zero-order valence-corrected chi connectivity index (χ0v) is 11.3. The van der Waals surface area contributed by atoms with E-state index in [9.17, 15) is 17.2 Å². The zero-order chi connectivity index (χ0) is 14.0. The van der Waals surface area contributed by atoms with E-state index in [0.717, 1.165) is 6.07 Å². The quantitative estimate of drug-likeness (QED) is 0.845. The highest BCUT2D eigenvalue weighted by atomic mass is 32.2. The summed E-state index contributed by atoms with van der Waals surface area (Å²) in [6.45, 7) is 1.25. The fourth-order valence-electron chi connectivity index (χ4n) is 2.04. The monoisotopic (exact) mass is 291 g/mol. The second kappa shape index (κ2) is 5.32. The molecule has 19 heavy (non-hydrogen) atoms. The lowest BCUT2D eigenvalue weighted by atomic mass is 10.2. The first-order valence-electron chi connectivity index (χ1n) is 5.92. The van der Waals surface area contributed by atoms with E-state index >= 15 is 0 Å². The van der Waals surface area contributed by atoms with Gasteiger partial charge in [0.1, 0.15) is 16.4 Å². The number of halogens is 2. The third kappa shape index (κ3) is 3.34. The first-order valence-corrected chi connectivity index (χ1v) is 7.98. The molecule has 0 unspecified atom stereocenters. The van der Waals surface area contributed by atoms with E-state index in [0.29, 0.717) is 25.2 Å². The first-order chi connectivity index (χ1) is 8.88. The summed E-state index contributed by atoms with van der Waals surface area (Å²) < 4.78 is 53.9. The molecule has 4 nitrogen and oxygen atoms in total. The fraction of sp³-hybridized carbons (Fsp3) is 0.500. The SMILES string of the molecule is CS(=O)(=O)CCCN1CCOc2c1ccc(F)c2F. The lowest BCUT2D eigenvalue weighted by Crippen LogP contribution is -2.34. The van der Waals surface area contributed by atoms with Crippen LogP contribution in [0.3, 0.4) is 0 Å². The summed E-state index contributed by atoms with van der Waals surface area (Å²) >= 11 is 0. The number of rotatable bonds is 4. The van der Waals surface area contributed by atoms with Crippen molar-refractivity contribution in [1.29, 1.82) is 0 Å². The standard InChI is InChI=1S/C12H15F2NO3S/c1-19(16,17)8-2-5-15-6-7-18-12-10(15)4-3-9(13)11(12)14/h3-4H,2,5-8H2,1H3. The van der Waals surface area contributed by atoms with Crippen molar-refractivity contribution in [3.63, 3.8) is 0 Å². The Balaban J connectivity index is 2.12. The van der Waals surface area contributed by atoms with Crippen LogP contribution in [0.5, 0.6) is 5.75 Å². The van der Waals surface area contributed by atoms with Crippen molar-refractivity contribution in [3.05, 3.63) is 23.8 Å². The molecule has 0 saturated heterocycles. The number of nitrogens with zero attached hydrogens (tertiary/aromatic N) is 1. The Kier molecular flexibility index (Phi) is 3.93.